The van der Waals surface area contributed by atoms with Crippen LogP contribution in [0.5, 0.6) is 0 Å². The lowest BCUT2D eigenvalue weighted by molar-refractivity contribution is 0.0141. The van der Waals surface area contributed by atoms with E-state index < -0.39 is 11.7 Å². The molecule has 0 spiro atoms. The molecule has 1 aromatic carbocycles. The second kappa shape index (κ2) is 8.91. The summed E-state index contributed by atoms with van der Waals surface area (Å²) in [5.41, 5.74) is 0.640. The predicted molar refractivity (Wildman–Crippen MR) is 110 cm³/mol. The summed E-state index contributed by atoms with van der Waals surface area (Å²) < 4.78 is 15.6. The Bertz CT molecular complexity index is 781. The van der Waals surface area contributed by atoms with Gasteiger partial charge in [-0.2, -0.15) is 0 Å². The topological polar surface area (TPSA) is 88.6 Å². The monoisotopic (exact) mass is 419 g/mol. The summed E-state index contributed by atoms with van der Waals surface area (Å²) in [6, 6.07) is 6.68. The number of piperazine rings is 1. The molecule has 2 heterocycles. The highest BCUT2D eigenvalue weighted by Gasteiger charge is 2.34. The summed E-state index contributed by atoms with van der Waals surface area (Å²) in [6.45, 7) is 7.86. The number of anilines is 1. The fourth-order valence-corrected chi connectivity index (χ4v) is 3.46. The Morgan fingerprint density at radius 3 is 2.23 bits per heavy atom. The lowest BCUT2D eigenvalue weighted by Crippen LogP contribution is -2.51. The average molecular weight is 419 g/mol. The minimum Gasteiger partial charge on any atom is -0.447 e. The quantitative estimate of drug-likeness (QED) is 0.744. The molecule has 3 amide bonds. The number of ether oxygens (including phenoxy) is 3. The summed E-state index contributed by atoms with van der Waals surface area (Å²) in [5, 5.41) is 0. The summed E-state index contributed by atoms with van der Waals surface area (Å²) >= 11 is 0. The molecule has 0 aromatic heterocycles. The first-order valence-electron chi connectivity index (χ1n) is 10.0. The Morgan fingerprint density at radius 2 is 1.67 bits per heavy atom. The van der Waals surface area contributed by atoms with Gasteiger partial charge in [-0.1, -0.05) is 0 Å². The largest absolute Gasteiger partial charge is 0.447 e. The van der Waals surface area contributed by atoms with Gasteiger partial charge in [-0.05, 0) is 45.0 Å². The van der Waals surface area contributed by atoms with Gasteiger partial charge in [0.2, 0.25) is 0 Å². The molecule has 0 N–H and O–H groups in total. The molecule has 9 heteroatoms. The third-order valence-electron chi connectivity index (χ3n) is 4.93. The number of rotatable bonds is 4. The highest BCUT2D eigenvalue weighted by Crippen LogP contribution is 2.24. The van der Waals surface area contributed by atoms with Crippen LogP contribution in [0.15, 0.2) is 24.3 Å². The van der Waals surface area contributed by atoms with Gasteiger partial charge >= 0.3 is 12.2 Å². The number of hydrogen-bond acceptors (Lipinski definition) is 6. The van der Waals surface area contributed by atoms with Crippen LogP contribution in [0, 0.1) is 0 Å². The van der Waals surface area contributed by atoms with Crippen LogP contribution in [0.2, 0.25) is 0 Å². The number of cyclic esters (lactones) is 1. The van der Waals surface area contributed by atoms with E-state index in [2.05, 4.69) is 0 Å². The molecule has 0 radical (unpaired) electrons. The second-order valence-electron chi connectivity index (χ2n) is 8.36. The van der Waals surface area contributed by atoms with Crippen molar-refractivity contribution in [2.75, 3.05) is 51.4 Å². The summed E-state index contributed by atoms with van der Waals surface area (Å²) in [7, 11) is 1.57. The Kier molecular flexibility index (Phi) is 6.50. The molecule has 2 aliphatic heterocycles. The zero-order valence-corrected chi connectivity index (χ0v) is 17.9. The lowest BCUT2D eigenvalue weighted by atomic mass is 10.1. The van der Waals surface area contributed by atoms with Gasteiger partial charge in [0, 0.05) is 44.5 Å². The Morgan fingerprint density at radius 1 is 1.07 bits per heavy atom. The number of amides is 3. The van der Waals surface area contributed by atoms with Crippen LogP contribution in [0.25, 0.3) is 0 Å². The van der Waals surface area contributed by atoms with Gasteiger partial charge in [-0.25, -0.2) is 9.59 Å². The maximum atomic E-state index is 12.8. The maximum absolute atomic E-state index is 12.8. The molecular weight excluding hydrogens is 390 g/mol. The molecule has 30 heavy (non-hydrogen) atoms. The van der Waals surface area contributed by atoms with Gasteiger partial charge in [-0.15, -0.1) is 0 Å². The SMILES string of the molecule is COCC1COC(=O)N1c1ccc(C(=O)N2CCN(C(=O)OC(C)(C)C)CC2)cc1. The number of benzene rings is 1. The van der Waals surface area contributed by atoms with E-state index in [0.29, 0.717) is 44.0 Å². The molecule has 2 aliphatic rings. The van der Waals surface area contributed by atoms with Gasteiger partial charge in [0.05, 0.1) is 12.6 Å². The third-order valence-corrected chi connectivity index (χ3v) is 4.93. The van der Waals surface area contributed by atoms with E-state index in [1.54, 1.807) is 41.2 Å². The molecule has 2 fully saturated rings. The summed E-state index contributed by atoms with van der Waals surface area (Å²) in [5.74, 6) is -0.108. The smallest absolute Gasteiger partial charge is 0.414 e. The van der Waals surface area contributed by atoms with Crippen molar-refractivity contribution in [3.63, 3.8) is 0 Å². The molecule has 1 atom stereocenters. The number of hydrogen-bond donors (Lipinski definition) is 0. The third kappa shape index (κ3) is 5.02. The van der Waals surface area contributed by atoms with Gasteiger partial charge in [0.25, 0.3) is 5.91 Å². The number of carbonyl (C=O) groups is 3. The first-order chi connectivity index (χ1) is 14.2. The minimum atomic E-state index is -0.546. The lowest BCUT2D eigenvalue weighted by Gasteiger charge is -2.35. The Balaban J connectivity index is 1.59. The van der Waals surface area contributed by atoms with Crippen molar-refractivity contribution in [1.82, 2.24) is 9.80 Å². The van der Waals surface area contributed by atoms with Crippen molar-refractivity contribution in [1.29, 1.82) is 0 Å². The molecule has 0 aliphatic carbocycles. The van der Waals surface area contributed by atoms with Gasteiger partial charge in [0.1, 0.15) is 12.2 Å². The standard InChI is InChI=1S/C21H29N3O6/c1-21(2,3)30-19(26)23-11-9-22(10-12-23)18(25)15-5-7-16(8-6-15)24-17(13-28-4)14-29-20(24)27/h5-8,17H,9-14H2,1-4H3. The fraction of sp³-hybridized carbons (Fsp3) is 0.571. The molecular formula is C21H29N3O6. The van der Waals surface area contributed by atoms with Crippen LogP contribution in [-0.4, -0.2) is 86.0 Å². The number of carbonyl (C=O) groups excluding carboxylic acids is 3. The average Bonchev–Trinajstić information content (AvgIpc) is 3.07. The zero-order valence-electron chi connectivity index (χ0n) is 17.9. The molecule has 2 saturated heterocycles. The highest BCUT2D eigenvalue weighted by molar-refractivity contribution is 5.96. The summed E-state index contributed by atoms with van der Waals surface area (Å²) in [6.07, 6.45) is -0.781. The number of methoxy groups -OCH3 is 1. The summed E-state index contributed by atoms with van der Waals surface area (Å²) in [4.78, 5) is 41.9. The van der Waals surface area contributed by atoms with Crippen molar-refractivity contribution in [3.05, 3.63) is 29.8 Å². The van der Waals surface area contributed by atoms with Gasteiger partial charge < -0.3 is 24.0 Å². The van der Waals surface area contributed by atoms with Crippen molar-refractivity contribution < 1.29 is 28.6 Å². The second-order valence-corrected chi connectivity index (χ2v) is 8.36. The predicted octanol–water partition coefficient (Wildman–Crippen LogP) is 2.35. The van der Waals surface area contributed by atoms with E-state index in [0.717, 1.165) is 0 Å². The van der Waals surface area contributed by atoms with Crippen molar-refractivity contribution in [2.45, 2.75) is 32.4 Å². The molecule has 164 valence electrons. The van der Waals surface area contributed by atoms with Crippen LogP contribution < -0.4 is 4.90 Å². The normalized spacial score (nSPS) is 19.7. The van der Waals surface area contributed by atoms with E-state index in [-0.39, 0.29) is 24.6 Å². The van der Waals surface area contributed by atoms with E-state index in [9.17, 15) is 14.4 Å². The van der Waals surface area contributed by atoms with E-state index in [4.69, 9.17) is 14.2 Å². The first-order valence-corrected chi connectivity index (χ1v) is 10.0. The van der Waals surface area contributed by atoms with Crippen LogP contribution in [0.1, 0.15) is 31.1 Å². The molecule has 0 bridgehead atoms. The molecule has 0 saturated carbocycles. The molecule has 9 nitrogen and oxygen atoms in total. The molecule has 1 unspecified atom stereocenters. The van der Waals surface area contributed by atoms with Crippen LogP contribution >= 0.6 is 0 Å². The van der Waals surface area contributed by atoms with E-state index in [1.807, 2.05) is 20.8 Å². The number of nitrogens with zero attached hydrogens (tertiary/aromatic N) is 3. The Hall–Kier alpha value is -2.81. The van der Waals surface area contributed by atoms with Gasteiger partial charge in [0.15, 0.2) is 0 Å². The van der Waals surface area contributed by atoms with E-state index >= 15 is 0 Å². The van der Waals surface area contributed by atoms with Crippen LogP contribution in [0.4, 0.5) is 15.3 Å². The first kappa shape index (κ1) is 21.9. The van der Waals surface area contributed by atoms with Crippen LogP contribution in [0.3, 0.4) is 0 Å². The maximum Gasteiger partial charge on any atom is 0.414 e. The van der Waals surface area contributed by atoms with Gasteiger partial charge in [-0.3, -0.25) is 9.69 Å². The minimum absolute atomic E-state index is 0.108. The Labute approximate surface area is 176 Å². The zero-order chi connectivity index (χ0) is 21.9. The van der Waals surface area contributed by atoms with Crippen LogP contribution in [-0.2, 0) is 14.2 Å². The van der Waals surface area contributed by atoms with E-state index in [1.165, 1.54) is 4.90 Å². The molecule has 1 aromatic rings. The van der Waals surface area contributed by atoms with Crippen molar-refractivity contribution in [2.24, 2.45) is 0 Å². The highest BCUT2D eigenvalue weighted by atomic mass is 16.6. The molecule has 3 rings (SSSR count). The van der Waals surface area contributed by atoms with Crippen molar-refractivity contribution >= 4 is 23.8 Å². The fourth-order valence-electron chi connectivity index (χ4n) is 3.46. The van der Waals surface area contributed by atoms with Crippen molar-refractivity contribution in [3.8, 4) is 0 Å².